The number of hydrogen-bond acceptors (Lipinski definition) is 4. The van der Waals surface area contributed by atoms with Crippen LogP contribution in [0.5, 0.6) is 0 Å². The normalized spacial score (nSPS) is 17.2. The molecule has 1 fully saturated rings. The maximum Gasteiger partial charge on any atom is 0.133 e. The van der Waals surface area contributed by atoms with Gasteiger partial charge in [-0.15, -0.1) is 0 Å². The lowest BCUT2D eigenvalue weighted by atomic mass is 10.1. The van der Waals surface area contributed by atoms with Gasteiger partial charge in [0.15, 0.2) is 0 Å². The average Bonchev–Trinajstić information content (AvgIpc) is 3.06. The van der Waals surface area contributed by atoms with Gasteiger partial charge in [0.05, 0.1) is 6.61 Å². The Morgan fingerprint density at radius 1 is 1.41 bits per heavy atom. The Kier molecular flexibility index (Phi) is 3.33. The first-order chi connectivity index (χ1) is 8.04. The quantitative estimate of drug-likeness (QED) is 0.820. The summed E-state index contributed by atoms with van der Waals surface area (Å²) >= 11 is 0. The number of rotatable bonds is 5. The minimum absolute atomic E-state index is 0.108. The average molecular weight is 235 g/mol. The SMILES string of the molecule is Cc1cc(NCC2(CO)CC2)nc(C(C)C)n1. The molecule has 0 saturated heterocycles. The molecule has 0 bridgehead atoms. The van der Waals surface area contributed by atoms with Crippen LogP contribution in [0.4, 0.5) is 5.82 Å². The van der Waals surface area contributed by atoms with E-state index in [0.717, 1.165) is 36.7 Å². The smallest absolute Gasteiger partial charge is 0.133 e. The summed E-state index contributed by atoms with van der Waals surface area (Å²) in [6.07, 6.45) is 2.22. The van der Waals surface area contributed by atoms with Gasteiger partial charge in [-0.25, -0.2) is 9.97 Å². The fraction of sp³-hybridized carbons (Fsp3) is 0.692. The number of aliphatic hydroxyl groups excluding tert-OH is 1. The fourth-order valence-electron chi connectivity index (χ4n) is 1.79. The molecule has 0 amide bonds. The van der Waals surface area contributed by atoms with Crippen LogP contribution in [0.1, 0.15) is 44.1 Å². The van der Waals surface area contributed by atoms with Crippen molar-refractivity contribution in [2.75, 3.05) is 18.5 Å². The fourth-order valence-corrected chi connectivity index (χ4v) is 1.79. The predicted molar refractivity (Wildman–Crippen MR) is 68.1 cm³/mol. The molecule has 1 heterocycles. The number of aryl methyl sites for hydroxylation is 1. The Labute approximate surface area is 102 Å². The molecule has 2 N–H and O–H groups in total. The second-order valence-electron chi connectivity index (χ2n) is 5.42. The van der Waals surface area contributed by atoms with Gasteiger partial charge in [0.2, 0.25) is 0 Å². The van der Waals surface area contributed by atoms with Crippen molar-refractivity contribution >= 4 is 5.82 Å². The van der Waals surface area contributed by atoms with Crippen LogP contribution >= 0.6 is 0 Å². The maximum atomic E-state index is 9.26. The maximum absolute atomic E-state index is 9.26. The molecule has 94 valence electrons. The van der Waals surface area contributed by atoms with Gasteiger partial charge in [-0.2, -0.15) is 0 Å². The van der Waals surface area contributed by atoms with E-state index in [-0.39, 0.29) is 12.0 Å². The van der Waals surface area contributed by atoms with Crippen LogP contribution in [-0.4, -0.2) is 28.2 Å². The van der Waals surface area contributed by atoms with Crippen molar-refractivity contribution in [2.24, 2.45) is 5.41 Å². The van der Waals surface area contributed by atoms with Gasteiger partial charge in [0.25, 0.3) is 0 Å². The van der Waals surface area contributed by atoms with Gasteiger partial charge < -0.3 is 10.4 Å². The second-order valence-corrected chi connectivity index (χ2v) is 5.42. The van der Waals surface area contributed by atoms with E-state index in [1.54, 1.807) is 0 Å². The molecule has 0 aliphatic heterocycles. The number of nitrogens with one attached hydrogen (secondary N) is 1. The monoisotopic (exact) mass is 235 g/mol. The van der Waals surface area contributed by atoms with Gasteiger partial charge in [0, 0.05) is 29.6 Å². The molecule has 1 aromatic heterocycles. The molecule has 0 spiro atoms. The summed E-state index contributed by atoms with van der Waals surface area (Å²) < 4.78 is 0. The lowest BCUT2D eigenvalue weighted by Gasteiger charge is -2.14. The summed E-state index contributed by atoms with van der Waals surface area (Å²) in [6.45, 7) is 7.24. The van der Waals surface area contributed by atoms with Crippen molar-refractivity contribution in [3.63, 3.8) is 0 Å². The van der Waals surface area contributed by atoms with Crippen LogP contribution in [0.25, 0.3) is 0 Å². The van der Waals surface area contributed by atoms with Crippen molar-refractivity contribution < 1.29 is 5.11 Å². The molecule has 0 radical (unpaired) electrons. The van der Waals surface area contributed by atoms with Crippen molar-refractivity contribution in [2.45, 2.75) is 39.5 Å². The Hall–Kier alpha value is -1.16. The first-order valence-electron chi connectivity index (χ1n) is 6.25. The summed E-state index contributed by atoms with van der Waals surface area (Å²) in [5.74, 6) is 2.09. The van der Waals surface area contributed by atoms with E-state index in [4.69, 9.17) is 0 Å². The second kappa shape index (κ2) is 4.61. The molecule has 0 atom stereocenters. The molecule has 1 saturated carbocycles. The molecule has 0 aromatic carbocycles. The molecule has 1 aliphatic rings. The molecule has 17 heavy (non-hydrogen) atoms. The molecule has 1 aromatic rings. The van der Waals surface area contributed by atoms with Gasteiger partial charge in [-0.1, -0.05) is 13.8 Å². The van der Waals surface area contributed by atoms with Crippen LogP contribution in [0.2, 0.25) is 0 Å². The van der Waals surface area contributed by atoms with Gasteiger partial charge in [0.1, 0.15) is 11.6 Å². The van der Waals surface area contributed by atoms with Crippen molar-refractivity contribution in [1.82, 2.24) is 9.97 Å². The van der Waals surface area contributed by atoms with E-state index in [9.17, 15) is 5.11 Å². The first-order valence-corrected chi connectivity index (χ1v) is 6.25. The third-order valence-electron chi connectivity index (χ3n) is 3.32. The highest BCUT2D eigenvalue weighted by molar-refractivity contribution is 5.37. The Morgan fingerprint density at radius 2 is 2.12 bits per heavy atom. The highest BCUT2D eigenvalue weighted by Crippen LogP contribution is 2.44. The predicted octanol–water partition coefficient (Wildman–Crippen LogP) is 2.09. The van der Waals surface area contributed by atoms with E-state index in [1.165, 1.54) is 0 Å². The molecule has 0 unspecified atom stereocenters. The van der Waals surface area contributed by atoms with Gasteiger partial charge in [-0.3, -0.25) is 0 Å². The van der Waals surface area contributed by atoms with Crippen molar-refractivity contribution in [3.05, 3.63) is 17.6 Å². The summed E-state index contributed by atoms with van der Waals surface area (Å²) in [4.78, 5) is 8.91. The zero-order valence-corrected chi connectivity index (χ0v) is 10.8. The van der Waals surface area contributed by atoms with E-state index < -0.39 is 0 Å². The number of hydrogen-bond donors (Lipinski definition) is 2. The van der Waals surface area contributed by atoms with Gasteiger partial charge in [-0.05, 0) is 19.8 Å². The standard InChI is InChI=1S/C13H21N3O/c1-9(2)12-15-10(3)6-11(16-12)14-7-13(8-17)4-5-13/h6,9,17H,4-5,7-8H2,1-3H3,(H,14,15,16). The topological polar surface area (TPSA) is 58.0 Å². The van der Waals surface area contributed by atoms with Crippen LogP contribution < -0.4 is 5.32 Å². The van der Waals surface area contributed by atoms with Crippen molar-refractivity contribution in [3.8, 4) is 0 Å². The van der Waals surface area contributed by atoms with E-state index >= 15 is 0 Å². The minimum atomic E-state index is 0.108. The molecule has 4 nitrogen and oxygen atoms in total. The minimum Gasteiger partial charge on any atom is -0.396 e. The number of aliphatic hydroxyl groups is 1. The highest BCUT2D eigenvalue weighted by atomic mass is 16.3. The Balaban J connectivity index is 2.05. The number of aromatic nitrogens is 2. The van der Waals surface area contributed by atoms with Crippen molar-refractivity contribution in [1.29, 1.82) is 0 Å². The van der Waals surface area contributed by atoms with Crippen LogP contribution in [0.3, 0.4) is 0 Å². The van der Waals surface area contributed by atoms with E-state index in [0.29, 0.717) is 5.92 Å². The largest absolute Gasteiger partial charge is 0.396 e. The summed E-state index contributed by atoms with van der Waals surface area (Å²) in [7, 11) is 0. The number of nitrogens with zero attached hydrogens (tertiary/aromatic N) is 2. The van der Waals surface area contributed by atoms with Crippen LogP contribution in [0.15, 0.2) is 6.07 Å². The third kappa shape index (κ3) is 2.94. The summed E-state index contributed by atoms with van der Waals surface area (Å²) in [6, 6.07) is 1.96. The zero-order valence-electron chi connectivity index (χ0n) is 10.8. The first kappa shape index (κ1) is 12.3. The Bertz CT molecular complexity index is 400. The molecule has 1 aliphatic carbocycles. The van der Waals surface area contributed by atoms with Crippen LogP contribution in [-0.2, 0) is 0 Å². The van der Waals surface area contributed by atoms with Gasteiger partial charge >= 0.3 is 0 Å². The molecular formula is C13H21N3O. The summed E-state index contributed by atoms with van der Waals surface area (Å²) in [5.41, 5.74) is 1.09. The number of anilines is 1. The molecular weight excluding hydrogens is 214 g/mol. The molecule has 4 heteroatoms. The lowest BCUT2D eigenvalue weighted by Crippen LogP contribution is -2.20. The Morgan fingerprint density at radius 3 is 2.65 bits per heavy atom. The van der Waals surface area contributed by atoms with E-state index in [2.05, 4.69) is 29.1 Å². The van der Waals surface area contributed by atoms with E-state index in [1.807, 2.05) is 13.0 Å². The lowest BCUT2D eigenvalue weighted by molar-refractivity contribution is 0.219. The summed E-state index contributed by atoms with van der Waals surface area (Å²) in [5, 5.41) is 12.6. The third-order valence-corrected chi connectivity index (χ3v) is 3.32. The highest BCUT2D eigenvalue weighted by Gasteiger charge is 2.41. The molecule has 2 rings (SSSR count). The zero-order chi connectivity index (χ0) is 12.5. The van der Waals surface area contributed by atoms with Crippen LogP contribution in [0, 0.1) is 12.3 Å².